The first-order chi connectivity index (χ1) is 8.43. The molecule has 0 N–H and O–H groups in total. The average Bonchev–Trinajstić information content (AvgIpc) is 2.94. The number of imidazole rings is 1. The van der Waals surface area contributed by atoms with Crippen LogP contribution in [-0.4, -0.2) is 32.8 Å². The third-order valence-electron chi connectivity index (χ3n) is 3.09. The third-order valence-corrected chi connectivity index (χ3v) is 3.09. The van der Waals surface area contributed by atoms with Gasteiger partial charge in [-0.2, -0.15) is 0 Å². The zero-order valence-electron chi connectivity index (χ0n) is 9.66. The first kappa shape index (κ1) is 10.3. The number of aromatic nitrogens is 4. The van der Waals surface area contributed by atoms with Gasteiger partial charge in [-0.1, -0.05) is 0 Å². The van der Waals surface area contributed by atoms with E-state index in [2.05, 4.69) is 20.1 Å². The number of rotatable bonds is 2. The first-order valence-electron chi connectivity index (χ1n) is 6.00. The van der Waals surface area contributed by atoms with Crippen molar-refractivity contribution in [2.75, 3.05) is 18.0 Å². The summed E-state index contributed by atoms with van der Waals surface area (Å²) in [7, 11) is 0. The maximum Gasteiger partial charge on any atom is 0.160 e. The summed E-state index contributed by atoms with van der Waals surface area (Å²) in [5.74, 6) is 1.79. The van der Waals surface area contributed by atoms with E-state index >= 15 is 0 Å². The Kier molecular flexibility index (Phi) is 2.73. The highest BCUT2D eigenvalue weighted by atomic mass is 15.3. The van der Waals surface area contributed by atoms with Crippen LogP contribution in [0.1, 0.15) is 19.3 Å². The molecule has 1 fully saturated rings. The molecule has 0 unspecified atom stereocenters. The fourth-order valence-electron chi connectivity index (χ4n) is 2.14. The van der Waals surface area contributed by atoms with Gasteiger partial charge in [0.2, 0.25) is 0 Å². The number of hydrogen-bond donors (Lipinski definition) is 0. The van der Waals surface area contributed by atoms with E-state index in [-0.39, 0.29) is 0 Å². The molecule has 5 nitrogen and oxygen atoms in total. The molecular formula is C12H15N5. The van der Waals surface area contributed by atoms with E-state index in [4.69, 9.17) is 0 Å². The molecule has 0 aromatic carbocycles. The molecule has 0 spiro atoms. The van der Waals surface area contributed by atoms with Gasteiger partial charge in [-0.15, -0.1) is 10.2 Å². The number of anilines is 1. The van der Waals surface area contributed by atoms with Gasteiger partial charge in [0.1, 0.15) is 6.33 Å². The van der Waals surface area contributed by atoms with E-state index in [0.717, 1.165) is 24.7 Å². The SMILES string of the molecule is c1cn(-c2ccc(N3CCCCC3)nn2)cn1. The van der Waals surface area contributed by atoms with Crippen LogP contribution in [0.2, 0.25) is 0 Å². The minimum absolute atomic E-state index is 0.809. The van der Waals surface area contributed by atoms with Crippen molar-refractivity contribution in [2.45, 2.75) is 19.3 Å². The van der Waals surface area contributed by atoms with Crippen LogP contribution in [0.4, 0.5) is 5.82 Å². The zero-order valence-corrected chi connectivity index (χ0v) is 9.66. The van der Waals surface area contributed by atoms with Gasteiger partial charge in [-0.25, -0.2) is 4.98 Å². The largest absolute Gasteiger partial charge is 0.355 e. The molecule has 0 bridgehead atoms. The Morgan fingerprint density at radius 2 is 1.71 bits per heavy atom. The summed E-state index contributed by atoms with van der Waals surface area (Å²) in [5, 5.41) is 8.51. The quantitative estimate of drug-likeness (QED) is 0.785. The number of piperidine rings is 1. The van der Waals surface area contributed by atoms with Crippen LogP contribution in [0.25, 0.3) is 5.82 Å². The molecule has 0 atom stereocenters. The average molecular weight is 229 g/mol. The normalized spacial score (nSPS) is 16.1. The second kappa shape index (κ2) is 4.53. The Labute approximate surface area is 100 Å². The molecule has 3 heterocycles. The fourth-order valence-corrected chi connectivity index (χ4v) is 2.14. The topological polar surface area (TPSA) is 46.8 Å². The van der Waals surface area contributed by atoms with Gasteiger partial charge in [-0.3, -0.25) is 4.57 Å². The van der Waals surface area contributed by atoms with Crippen molar-refractivity contribution in [1.29, 1.82) is 0 Å². The molecule has 0 radical (unpaired) electrons. The first-order valence-corrected chi connectivity index (χ1v) is 6.00. The Morgan fingerprint density at radius 1 is 0.941 bits per heavy atom. The van der Waals surface area contributed by atoms with Crippen molar-refractivity contribution in [3.05, 3.63) is 30.9 Å². The monoisotopic (exact) mass is 229 g/mol. The van der Waals surface area contributed by atoms with Crippen molar-refractivity contribution in [1.82, 2.24) is 19.7 Å². The van der Waals surface area contributed by atoms with Gasteiger partial charge in [-0.05, 0) is 31.4 Å². The molecule has 2 aromatic heterocycles. The third kappa shape index (κ3) is 2.13. The van der Waals surface area contributed by atoms with E-state index in [9.17, 15) is 0 Å². The molecule has 1 aliphatic heterocycles. The van der Waals surface area contributed by atoms with Crippen molar-refractivity contribution < 1.29 is 0 Å². The van der Waals surface area contributed by atoms with Crippen molar-refractivity contribution in [2.24, 2.45) is 0 Å². The molecule has 0 amide bonds. The van der Waals surface area contributed by atoms with E-state index < -0.39 is 0 Å². The molecule has 3 rings (SSSR count). The fraction of sp³-hybridized carbons (Fsp3) is 0.417. The Hall–Kier alpha value is -1.91. The lowest BCUT2D eigenvalue weighted by Crippen LogP contribution is -2.30. The van der Waals surface area contributed by atoms with Crippen LogP contribution in [0.5, 0.6) is 0 Å². The van der Waals surface area contributed by atoms with Crippen molar-refractivity contribution in [3.63, 3.8) is 0 Å². The minimum atomic E-state index is 0.809. The Bertz CT molecular complexity index is 456. The summed E-state index contributed by atoms with van der Waals surface area (Å²) in [6, 6.07) is 4.02. The summed E-state index contributed by atoms with van der Waals surface area (Å²) in [6.45, 7) is 2.19. The second-order valence-electron chi connectivity index (χ2n) is 4.27. The zero-order chi connectivity index (χ0) is 11.5. The van der Waals surface area contributed by atoms with Crippen LogP contribution >= 0.6 is 0 Å². The van der Waals surface area contributed by atoms with Crippen LogP contribution in [0, 0.1) is 0 Å². The predicted molar refractivity (Wildman–Crippen MR) is 65.2 cm³/mol. The lowest BCUT2D eigenvalue weighted by molar-refractivity contribution is 0.571. The molecule has 1 aliphatic rings. The molecular weight excluding hydrogens is 214 g/mol. The molecule has 88 valence electrons. The van der Waals surface area contributed by atoms with E-state index in [1.165, 1.54) is 19.3 Å². The van der Waals surface area contributed by atoms with Gasteiger partial charge in [0.15, 0.2) is 11.6 Å². The minimum Gasteiger partial charge on any atom is -0.355 e. The van der Waals surface area contributed by atoms with Gasteiger partial charge in [0.25, 0.3) is 0 Å². The lowest BCUT2D eigenvalue weighted by Gasteiger charge is -2.27. The molecule has 2 aromatic rings. The summed E-state index contributed by atoms with van der Waals surface area (Å²) in [4.78, 5) is 6.30. The predicted octanol–water partition coefficient (Wildman–Crippen LogP) is 1.65. The lowest BCUT2D eigenvalue weighted by atomic mass is 10.1. The molecule has 0 saturated carbocycles. The Balaban J connectivity index is 1.80. The van der Waals surface area contributed by atoms with Gasteiger partial charge in [0.05, 0.1) is 0 Å². The standard InChI is InChI=1S/C12H15N5/c1-2-7-16(8-3-1)11-4-5-12(15-14-11)17-9-6-13-10-17/h4-6,9-10H,1-3,7-8H2. The maximum atomic E-state index is 4.29. The second-order valence-corrected chi connectivity index (χ2v) is 4.27. The summed E-state index contributed by atoms with van der Waals surface area (Å²) >= 11 is 0. The summed E-state index contributed by atoms with van der Waals surface area (Å²) < 4.78 is 1.85. The maximum absolute atomic E-state index is 4.29. The molecule has 5 heteroatoms. The summed E-state index contributed by atoms with van der Waals surface area (Å²) in [6.07, 6.45) is 9.17. The molecule has 0 aliphatic carbocycles. The van der Waals surface area contributed by atoms with Gasteiger partial charge < -0.3 is 4.90 Å². The highest BCUT2D eigenvalue weighted by Gasteiger charge is 2.12. The van der Waals surface area contributed by atoms with Crippen LogP contribution in [0.3, 0.4) is 0 Å². The number of hydrogen-bond acceptors (Lipinski definition) is 4. The number of nitrogens with zero attached hydrogens (tertiary/aromatic N) is 5. The van der Waals surface area contributed by atoms with Crippen molar-refractivity contribution in [3.8, 4) is 5.82 Å². The van der Waals surface area contributed by atoms with Crippen molar-refractivity contribution >= 4 is 5.82 Å². The summed E-state index contributed by atoms with van der Waals surface area (Å²) in [5.41, 5.74) is 0. The van der Waals surface area contributed by atoms with Crippen LogP contribution < -0.4 is 4.90 Å². The molecule has 1 saturated heterocycles. The van der Waals surface area contributed by atoms with Gasteiger partial charge in [0, 0.05) is 25.5 Å². The van der Waals surface area contributed by atoms with E-state index in [1.54, 1.807) is 12.5 Å². The van der Waals surface area contributed by atoms with E-state index in [1.807, 2.05) is 22.9 Å². The van der Waals surface area contributed by atoms with Crippen LogP contribution in [0.15, 0.2) is 30.9 Å². The highest BCUT2D eigenvalue weighted by Crippen LogP contribution is 2.17. The highest BCUT2D eigenvalue weighted by molar-refractivity contribution is 5.39. The molecule has 17 heavy (non-hydrogen) atoms. The smallest absolute Gasteiger partial charge is 0.160 e. The van der Waals surface area contributed by atoms with Crippen LogP contribution in [-0.2, 0) is 0 Å². The Morgan fingerprint density at radius 3 is 2.35 bits per heavy atom. The van der Waals surface area contributed by atoms with Gasteiger partial charge >= 0.3 is 0 Å². The van der Waals surface area contributed by atoms with E-state index in [0.29, 0.717) is 0 Å².